The molecule has 0 N–H and O–H groups in total. The Morgan fingerprint density at radius 1 is 0.812 bits per heavy atom. The predicted octanol–water partition coefficient (Wildman–Crippen LogP) is 5.31. The minimum Gasteiger partial charge on any atom is -0.333 e. The first-order valence-corrected chi connectivity index (χ1v) is 12.0. The van der Waals surface area contributed by atoms with E-state index in [4.69, 9.17) is 0 Å². The van der Waals surface area contributed by atoms with Crippen molar-refractivity contribution in [1.82, 2.24) is 9.80 Å². The van der Waals surface area contributed by atoms with Gasteiger partial charge in [-0.1, -0.05) is 74.5 Å². The van der Waals surface area contributed by atoms with Crippen molar-refractivity contribution in [3.05, 3.63) is 93.7 Å². The minimum absolute atomic E-state index is 0.00906. The highest BCUT2D eigenvalue weighted by atomic mass is 32.1. The summed E-state index contributed by atoms with van der Waals surface area (Å²) in [5.74, 6) is 0.249. The molecule has 0 atom stereocenters. The number of aryl methyl sites for hydroxylation is 1. The van der Waals surface area contributed by atoms with Crippen molar-refractivity contribution in [2.45, 2.75) is 40.3 Å². The van der Waals surface area contributed by atoms with Gasteiger partial charge in [0.15, 0.2) is 0 Å². The molecule has 0 unspecified atom stereocenters. The summed E-state index contributed by atoms with van der Waals surface area (Å²) in [6.07, 6.45) is 0.309. The quantitative estimate of drug-likeness (QED) is 0.422. The van der Waals surface area contributed by atoms with E-state index in [1.54, 1.807) is 16.2 Å². The Balaban J connectivity index is 1.76. The lowest BCUT2D eigenvalue weighted by Crippen LogP contribution is -2.44. The third-order valence-corrected chi connectivity index (χ3v) is 6.34. The predicted molar refractivity (Wildman–Crippen MR) is 131 cm³/mol. The fraction of sp³-hybridized carbons (Fsp3) is 0.333. The second kappa shape index (κ2) is 11.6. The number of carbonyl (C=O) groups is 2. The zero-order valence-corrected chi connectivity index (χ0v) is 20.0. The Morgan fingerprint density at radius 3 is 2.00 bits per heavy atom. The van der Waals surface area contributed by atoms with Crippen LogP contribution < -0.4 is 0 Å². The molecule has 0 aliphatic heterocycles. The number of hydrogen-bond acceptors (Lipinski definition) is 3. The van der Waals surface area contributed by atoms with E-state index in [9.17, 15) is 9.59 Å². The average molecular weight is 449 g/mol. The van der Waals surface area contributed by atoms with Crippen LogP contribution >= 0.6 is 11.3 Å². The topological polar surface area (TPSA) is 40.6 Å². The molecule has 168 valence electrons. The number of amides is 2. The van der Waals surface area contributed by atoms with E-state index in [1.165, 1.54) is 10.4 Å². The smallest absolute Gasteiger partial charge is 0.242 e. The molecule has 2 aromatic carbocycles. The second-order valence-corrected chi connectivity index (χ2v) is 9.59. The van der Waals surface area contributed by atoms with Crippen LogP contribution in [0, 0.1) is 12.8 Å². The zero-order chi connectivity index (χ0) is 22.9. The van der Waals surface area contributed by atoms with Crippen molar-refractivity contribution < 1.29 is 9.59 Å². The lowest BCUT2D eigenvalue weighted by molar-refractivity contribution is -0.141. The van der Waals surface area contributed by atoms with Crippen molar-refractivity contribution >= 4 is 23.2 Å². The summed E-state index contributed by atoms with van der Waals surface area (Å²) in [6, 6.07) is 21.8. The van der Waals surface area contributed by atoms with Gasteiger partial charge in [-0.15, -0.1) is 11.3 Å². The van der Waals surface area contributed by atoms with Gasteiger partial charge >= 0.3 is 0 Å². The maximum Gasteiger partial charge on any atom is 0.242 e. The molecule has 0 aliphatic rings. The van der Waals surface area contributed by atoms with Crippen LogP contribution in [-0.4, -0.2) is 34.7 Å². The van der Waals surface area contributed by atoms with E-state index in [2.05, 4.69) is 32.2 Å². The van der Waals surface area contributed by atoms with Crippen LogP contribution in [-0.2, 0) is 29.1 Å². The van der Waals surface area contributed by atoms with Gasteiger partial charge in [-0.2, -0.15) is 0 Å². The standard InChI is InChI=1S/C27H32N2O2S/c1-21(2)17-28(26(30)16-23-10-6-4-7-11-23)20-27(31)29(18-24-12-8-5-9-13-24)19-25-22(3)14-15-32-25/h4-15,21H,16-20H2,1-3H3. The Labute approximate surface area is 195 Å². The lowest BCUT2D eigenvalue weighted by Gasteiger charge is -2.29. The Bertz CT molecular complexity index is 999. The van der Waals surface area contributed by atoms with E-state index in [0.29, 0.717) is 26.1 Å². The molecule has 0 radical (unpaired) electrons. The third kappa shape index (κ3) is 7.06. The van der Waals surface area contributed by atoms with Crippen LogP contribution in [0.2, 0.25) is 0 Å². The van der Waals surface area contributed by atoms with Gasteiger partial charge in [0, 0.05) is 18.0 Å². The maximum atomic E-state index is 13.5. The summed E-state index contributed by atoms with van der Waals surface area (Å²) in [7, 11) is 0. The molecule has 32 heavy (non-hydrogen) atoms. The summed E-state index contributed by atoms with van der Waals surface area (Å²) in [6.45, 7) is 7.97. The Kier molecular flexibility index (Phi) is 8.63. The first-order chi connectivity index (χ1) is 15.4. The second-order valence-electron chi connectivity index (χ2n) is 8.59. The van der Waals surface area contributed by atoms with E-state index in [1.807, 2.05) is 65.6 Å². The molecule has 0 aliphatic carbocycles. The number of nitrogens with zero attached hydrogens (tertiary/aromatic N) is 2. The Hall–Kier alpha value is -2.92. The summed E-state index contributed by atoms with van der Waals surface area (Å²) < 4.78 is 0. The summed E-state index contributed by atoms with van der Waals surface area (Å²) in [5, 5.41) is 2.06. The highest BCUT2D eigenvalue weighted by Crippen LogP contribution is 2.20. The molecule has 0 spiro atoms. The molecular weight excluding hydrogens is 416 g/mol. The van der Waals surface area contributed by atoms with Gasteiger partial charge in [-0.3, -0.25) is 9.59 Å². The van der Waals surface area contributed by atoms with Crippen LogP contribution in [0.4, 0.5) is 0 Å². The van der Waals surface area contributed by atoms with Crippen LogP contribution in [0.15, 0.2) is 72.1 Å². The highest BCUT2D eigenvalue weighted by molar-refractivity contribution is 7.10. The zero-order valence-electron chi connectivity index (χ0n) is 19.2. The summed E-state index contributed by atoms with van der Waals surface area (Å²) >= 11 is 1.67. The number of rotatable bonds is 10. The first kappa shape index (κ1) is 23.7. The number of hydrogen-bond donors (Lipinski definition) is 0. The maximum absolute atomic E-state index is 13.5. The lowest BCUT2D eigenvalue weighted by atomic mass is 10.1. The molecule has 1 aromatic heterocycles. The van der Waals surface area contributed by atoms with E-state index < -0.39 is 0 Å². The van der Waals surface area contributed by atoms with Gasteiger partial charge in [-0.05, 0) is 41.0 Å². The molecule has 2 amide bonds. The fourth-order valence-corrected chi connectivity index (χ4v) is 4.54. The van der Waals surface area contributed by atoms with Gasteiger partial charge in [0.05, 0.1) is 19.5 Å². The third-order valence-electron chi connectivity index (χ3n) is 5.33. The number of thiophene rings is 1. The van der Waals surface area contributed by atoms with Gasteiger partial charge in [0.25, 0.3) is 0 Å². The fourth-order valence-electron chi connectivity index (χ4n) is 3.62. The van der Waals surface area contributed by atoms with Gasteiger partial charge < -0.3 is 9.80 Å². The highest BCUT2D eigenvalue weighted by Gasteiger charge is 2.23. The normalized spacial score (nSPS) is 10.9. The summed E-state index contributed by atoms with van der Waals surface area (Å²) in [4.78, 5) is 31.3. The van der Waals surface area contributed by atoms with E-state index in [0.717, 1.165) is 11.1 Å². The first-order valence-electron chi connectivity index (χ1n) is 11.1. The minimum atomic E-state index is -0.0243. The molecule has 5 heteroatoms. The molecular formula is C27H32N2O2S. The molecule has 0 saturated carbocycles. The van der Waals surface area contributed by atoms with Crippen molar-refractivity contribution in [2.24, 2.45) is 5.92 Å². The van der Waals surface area contributed by atoms with Crippen molar-refractivity contribution in [3.8, 4) is 0 Å². The van der Waals surface area contributed by atoms with Gasteiger partial charge in [0.2, 0.25) is 11.8 Å². The van der Waals surface area contributed by atoms with Crippen LogP contribution in [0.5, 0.6) is 0 Å². The Morgan fingerprint density at radius 2 is 1.44 bits per heavy atom. The average Bonchev–Trinajstić information content (AvgIpc) is 3.18. The largest absolute Gasteiger partial charge is 0.333 e. The van der Waals surface area contributed by atoms with E-state index in [-0.39, 0.29) is 24.3 Å². The number of benzene rings is 2. The molecule has 3 aromatic rings. The monoisotopic (exact) mass is 448 g/mol. The van der Waals surface area contributed by atoms with Crippen LogP contribution in [0.25, 0.3) is 0 Å². The van der Waals surface area contributed by atoms with Crippen molar-refractivity contribution in [1.29, 1.82) is 0 Å². The van der Waals surface area contributed by atoms with Gasteiger partial charge in [0.1, 0.15) is 0 Å². The van der Waals surface area contributed by atoms with E-state index >= 15 is 0 Å². The van der Waals surface area contributed by atoms with Crippen molar-refractivity contribution in [2.75, 3.05) is 13.1 Å². The molecule has 0 fully saturated rings. The SMILES string of the molecule is Cc1ccsc1CN(Cc1ccccc1)C(=O)CN(CC(C)C)C(=O)Cc1ccccc1. The van der Waals surface area contributed by atoms with Gasteiger partial charge in [-0.25, -0.2) is 0 Å². The molecule has 1 heterocycles. The summed E-state index contributed by atoms with van der Waals surface area (Å²) in [5.41, 5.74) is 3.25. The molecule has 4 nitrogen and oxygen atoms in total. The molecule has 0 bridgehead atoms. The molecule has 3 rings (SSSR count). The number of carbonyl (C=O) groups excluding carboxylic acids is 2. The molecule has 0 saturated heterocycles. The van der Waals surface area contributed by atoms with Crippen LogP contribution in [0.1, 0.15) is 35.4 Å². The van der Waals surface area contributed by atoms with Crippen molar-refractivity contribution in [3.63, 3.8) is 0 Å². The van der Waals surface area contributed by atoms with Crippen LogP contribution in [0.3, 0.4) is 0 Å².